The van der Waals surface area contributed by atoms with Gasteiger partial charge < -0.3 is 20.4 Å². The molecular formula is C21H35N5O. The molecule has 0 aliphatic carbocycles. The van der Waals surface area contributed by atoms with E-state index in [-0.39, 0.29) is 5.91 Å². The summed E-state index contributed by atoms with van der Waals surface area (Å²) in [5.74, 6) is 0.946. The predicted molar refractivity (Wildman–Crippen MR) is 113 cm³/mol. The summed E-state index contributed by atoms with van der Waals surface area (Å²) in [6.07, 6.45) is 2.83. The smallest absolute Gasteiger partial charge is 0.224 e. The predicted octanol–water partition coefficient (Wildman–Crippen LogP) is 2.38. The zero-order chi connectivity index (χ0) is 19.6. The van der Waals surface area contributed by atoms with Crippen LogP contribution in [0, 0.1) is 0 Å². The molecule has 0 atom stereocenters. The number of anilines is 1. The van der Waals surface area contributed by atoms with Crippen molar-refractivity contribution >= 4 is 17.6 Å². The summed E-state index contributed by atoms with van der Waals surface area (Å²) in [5, 5.41) is 6.54. The lowest BCUT2D eigenvalue weighted by Gasteiger charge is -2.27. The first-order chi connectivity index (χ1) is 13.1. The maximum atomic E-state index is 12.1. The van der Waals surface area contributed by atoms with Crippen LogP contribution >= 0.6 is 0 Å². The molecule has 0 saturated heterocycles. The number of benzene rings is 1. The lowest BCUT2D eigenvalue weighted by molar-refractivity contribution is -0.130. The minimum atomic E-state index is 0.183. The van der Waals surface area contributed by atoms with Crippen molar-refractivity contribution in [2.75, 3.05) is 44.7 Å². The average molecular weight is 374 g/mol. The number of amides is 1. The number of fused-ring (bicyclic) bond motifs is 1. The van der Waals surface area contributed by atoms with Gasteiger partial charge in [-0.05, 0) is 50.8 Å². The third-order valence-corrected chi connectivity index (χ3v) is 5.01. The molecule has 1 amide bonds. The molecule has 0 fully saturated rings. The van der Waals surface area contributed by atoms with Crippen molar-refractivity contribution < 1.29 is 4.79 Å². The van der Waals surface area contributed by atoms with Gasteiger partial charge in [0.15, 0.2) is 5.96 Å². The molecule has 1 heterocycles. The van der Waals surface area contributed by atoms with Crippen LogP contribution < -0.4 is 15.5 Å². The number of hydrogen-bond donors (Lipinski definition) is 2. The van der Waals surface area contributed by atoms with E-state index in [0.29, 0.717) is 19.5 Å². The minimum absolute atomic E-state index is 0.183. The quantitative estimate of drug-likeness (QED) is 0.543. The minimum Gasteiger partial charge on any atom is -0.374 e. The van der Waals surface area contributed by atoms with Crippen molar-refractivity contribution in [2.24, 2.45) is 4.99 Å². The lowest BCUT2D eigenvalue weighted by Crippen LogP contribution is -2.40. The Morgan fingerprint density at radius 3 is 2.70 bits per heavy atom. The second-order valence-corrected chi connectivity index (χ2v) is 6.93. The third-order valence-electron chi connectivity index (χ3n) is 5.01. The fraction of sp³-hybridized carbons (Fsp3) is 0.619. The van der Waals surface area contributed by atoms with Gasteiger partial charge in [0.25, 0.3) is 0 Å². The summed E-state index contributed by atoms with van der Waals surface area (Å²) < 4.78 is 0. The van der Waals surface area contributed by atoms with E-state index < -0.39 is 0 Å². The summed E-state index contributed by atoms with van der Waals surface area (Å²) in [5.41, 5.74) is 3.98. The molecule has 1 aliphatic heterocycles. The first-order valence-electron chi connectivity index (χ1n) is 10.2. The Morgan fingerprint density at radius 2 is 2.00 bits per heavy atom. The van der Waals surface area contributed by atoms with Crippen molar-refractivity contribution in [3.8, 4) is 0 Å². The monoisotopic (exact) mass is 373 g/mol. The summed E-state index contributed by atoms with van der Waals surface area (Å²) in [6, 6.07) is 6.65. The Morgan fingerprint density at radius 1 is 1.22 bits per heavy atom. The summed E-state index contributed by atoms with van der Waals surface area (Å²) in [6.45, 7) is 10.7. The molecule has 0 spiro atoms. The molecule has 1 aliphatic rings. The first-order valence-corrected chi connectivity index (χ1v) is 10.2. The van der Waals surface area contributed by atoms with Gasteiger partial charge in [0.05, 0.1) is 6.54 Å². The molecule has 150 valence electrons. The number of nitrogens with zero attached hydrogens (tertiary/aromatic N) is 3. The van der Waals surface area contributed by atoms with Gasteiger partial charge in [0.1, 0.15) is 0 Å². The number of hydrogen-bond acceptors (Lipinski definition) is 3. The van der Waals surface area contributed by atoms with Crippen LogP contribution in [0.4, 0.5) is 5.69 Å². The second kappa shape index (κ2) is 10.8. The molecule has 1 aromatic carbocycles. The van der Waals surface area contributed by atoms with E-state index in [2.05, 4.69) is 45.8 Å². The van der Waals surface area contributed by atoms with Crippen LogP contribution in [0.1, 0.15) is 44.7 Å². The van der Waals surface area contributed by atoms with Crippen LogP contribution in [0.2, 0.25) is 0 Å². The number of carbonyl (C=O) groups is 1. The standard InChI is InChI=1S/C21H35N5O/c1-5-22-21(23-13-12-20(27)26(6-2)7-3)24-16-17-10-11-19-18(15-17)9-8-14-25(19)4/h10-11,15H,5-9,12-14,16H2,1-4H3,(H2,22,23,24). The molecule has 6 nitrogen and oxygen atoms in total. The maximum Gasteiger partial charge on any atom is 0.224 e. The van der Waals surface area contributed by atoms with E-state index in [0.717, 1.165) is 38.6 Å². The van der Waals surface area contributed by atoms with Gasteiger partial charge in [0.2, 0.25) is 5.91 Å². The zero-order valence-corrected chi connectivity index (χ0v) is 17.3. The number of aliphatic imine (C=N–C) groups is 1. The van der Waals surface area contributed by atoms with Gasteiger partial charge in [-0.2, -0.15) is 0 Å². The van der Waals surface area contributed by atoms with Crippen LogP contribution in [0.3, 0.4) is 0 Å². The third kappa shape index (κ3) is 6.15. The second-order valence-electron chi connectivity index (χ2n) is 6.93. The van der Waals surface area contributed by atoms with E-state index in [9.17, 15) is 4.79 Å². The highest BCUT2D eigenvalue weighted by molar-refractivity contribution is 5.81. The lowest BCUT2D eigenvalue weighted by atomic mass is 10.00. The SMILES string of the molecule is CCNC(=NCc1ccc2c(c1)CCCN2C)NCCC(=O)N(CC)CC. The van der Waals surface area contributed by atoms with Crippen LogP contribution in [-0.4, -0.2) is 56.5 Å². The molecule has 0 saturated carbocycles. The van der Waals surface area contributed by atoms with Gasteiger partial charge >= 0.3 is 0 Å². The van der Waals surface area contributed by atoms with E-state index >= 15 is 0 Å². The molecule has 0 bridgehead atoms. The zero-order valence-electron chi connectivity index (χ0n) is 17.3. The Labute approximate surface area is 164 Å². The molecule has 1 aromatic rings. The van der Waals surface area contributed by atoms with Crippen molar-refractivity contribution in [1.82, 2.24) is 15.5 Å². The molecule has 27 heavy (non-hydrogen) atoms. The average Bonchev–Trinajstić information content (AvgIpc) is 2.67. The largest absolute Gasteiger partial charge is 0.374 e. The molecular weight excluding hydrogens is 338 g/mol. The van der Waals surface area contributed by atoms with Crippen LogP contribution in [0.5, 0.6) is 0 Å². The number of aryl methyl sites for hydroxylation is 1. The van der Waals surface area contributed by atoms with Crippen molar-refractivity contribution in [1.29, 1.82) is 0 Å². The number of rotatable bonds is 8. The Kier molecular flexibility index (Phi) is 8.43. The van der Waals surface area contributed by atoms with Crippen LogP contribution in [0.25, 0.3) is 0 Å². The van der Waals surface area contributed by atoms with E-state index in [1.54, 1.807) is 0 Å². The summed E-state index contributed by atoms with van der Waals surface area (Å²) >= 11 is 0. The molecule has 2 N–H and O–H groups in total. The van der Waals surface area contributed by atoms with Crippen LogP contribution in [-0.2, 0) is 17.8 Å². The van der Waals surface area contributed by atoms with E-state index in [4.69, 9.17) is 0 Å². The highest BCUT2D eigenvalue weighted by atomic mass is 16.2. The molecule has 0 radical (unpaired) electrons. The van der Waals surface area contributed by atoms with Crippen LogP contribution in [0.15, 0.2) is 23.2 Å². The highest BCUT2D eigenvalue weighted by Gasteiger charge is 2.13. The van der Waals surface area contributed by atoms with Gasteiger partial charge in [-0.15, -0.1) is 0 Å². The van der Waals surface area contributed by atoms with E-state index in [1.807, 2.05) is 25.7 Å². The number of nitrogens with one attached hydrogen (secondary N) is 2. The molecule has 2 rings (SSSR count). The summed E-state index contributed by atoms with van der Waals surface area (Å²) in [4.78, 5) is 21.0. The summed E-state index contributed by atoms with van der Waals surface area (Å²) in [7, 11) is 2.16. The Balaban J connectivity index is 1.92. The normalized spacial score (nSPS) is 13.9. The number of carbonyl (C=O) groups excluding carboxylic acids is 1. The molecule has 0 aromatic heterocycles. The van der Waals surface area contributed by atoms with Crippen molar-refractivity contribution in [3.63, 3.8) is 0 Å². The fourth-order valence-corrected chi connectivity index (χ4v) is 3.47. The van der Waals surface area contributed by atoms with Gasteiger partial charge in [0, 0.05) is 51.9 Å². The Hall–Kier alpha value is -2.24. The van der Waals surface area contributed by atoms with Gasteiger partial charge in [-0.1, -0.05) is 12.1 Å². The van der Waals surface area contributed by atoms with Crippen molar-refractivity contribution in [3.05, 3.63) is 29.3 Å². The van der Waals surface area contributed by atoms with Crippen molar-refractivity contribution in [2.45, 2.75) is 46.6 Å². The maximum absolute atomic E-state index is 12.1. The fourth-order valence-electron chi connectivity index (χ4n) is 3.47. The van der Waals surface area contributed by atoms with Gasteiger partial charge in [-0.25, -0.2) is 4.99 Å². The Bertz CT molecular complexity index is 639. The molecule has 6 heteroatoms. The first kappa shape index (κ1) is 21.1. The van der Waals surface area contributed by atoms with Gasteiger partial charge in [-0.3, -0.25) is 4.79 Å². The highest BCUT2D eigenvalue weighted by Crippen LogP contribution is 2.26. The van der Waals surface area contributed by atoms with E-state index in [1.165, 1.54) is 23.2 Å². The topological polar surface area (TPSA) is 60.0 Å². The molecule has 0 unspecified atom stereocenters. The number of guanidine groups is 1.